The van der Waals surface area contributed by atoms with Gasteiger partial charge >= 0.3 is 0 Å². The second kappa shape index (κ2) is 8.99. The van der Waals surface area contributed by atoms with Crippen LogP contribution in [0.1, 0.15) is 34.0 Å². The molecule has 2 aliphatic heterocycles. The number of rotatable bonds is 4. The number of nitrogens with one attached hydrogen (secondary N) is 1. The number of ether oxygens (including phenoxy) is 1. The first-order valence-electron chi connectivity index (χ1n) is 10.3. The lowest BCUT2D eigenvalue weighted by molar-refractivity contribution is 0.0676. The van der Waals surface area contributed by atoms with Crippen LogP contribution in [0, 0.1) is 19.7 Å². The quantitative estimate of drug-likeness (QED) is 0.724. The van der Waals surface area contributed by atoms with Gasteiger partial charge in [0.15, 0.2) is 5.82 Å². The first-order chi connectivity index (χ1) is 15.2. The van der Waals surface area contributed by atoms with Crippen LogP contribution in [0.15, 0.2) is 23.9 Å². The van der Waals surface area contributed by atoms with Gasteiger partial charge in [0.05, 0.1) is 35.1 Å². The summed E-state index contributed by atoms with van der Waals surface area (Å²) in [7, 11) is 0. The van der Waals surface area contributed by atoms with Crippen LogP contribution in [-0.4, -0.2) is 59.2 Å². The number of halogens is 3. The lowest BCUT2D eigenvalue weighted by atomic mass is 10.1. The largest absolute Gasteiger partial charge is 0.486 e. The molecule has 7 nitrogen and oxygen atoms in total. The van der Waals surface area contributed by atoms with Crippen molar-refractivity contribution in [3.8, 4) is 5.75 Å². The van der Waals surface area contributed by atoms with E-state index in [1.54, 1.807) is 13.8 Å². The van der Waals surface area contributed by atoms with Crippen LogP contribution in [0.4, 0.5) is 8.78 Å². The van der Waals surface area contributed by atoms with E-state index in [0.717, 1.165) is 6.07 Å². The Hall–Kier alpha value is -2.78. The van der Waals surface area contributed by atoms with Crippen molar-refractivity contribution in [3.05, 3.63) is 57.5 Å². The molecule has 3 heterocycles. The molecule has 1 aromatic heterocycles. The van der Waals surface area contributed by atoms with Gasteiger partial charge in [-0.2, -0.15) is 0 Å². The van der Waals surface area contributed by atoms with E-state index in [-0.39, 0.29) is 30.9 Å². The highest BCUT2D eigenvalue weighted by atomic mass is 35.5. The molecule has 32 heavy (non-hydrogen) atoms. The van der Waals surface area contributed by atoms with Gasteiger partial charge < -0.3 is 20.7 Å². The molecule has 1 saturated heterocycles. The van der Waals surface area contributed by atoms with Gasteiger partial charge in [-0.05, 0) is 38.9 Å². The molecule has 170 valence electrons. The van der Waals surface area contributed by atoms with E-state index in [0.29, 0.717) is 46.5 Å². The van der Waals surface area contributed by atoms with E-state index in [1.807, 2.05) is 0 Å². The Morgan fingerprint density at radius 1 is 1.28 bits per heavy atom. The molecule has 1 aromatic carbocycles. The summed E-state index contributed by atoms with van der Waals surface area (Å²) in [6, 6.07) is 3.64. The number of nitrogens with two attached hydrogens (primary N) is 1. The SMILES string of the molecule is Cc1nc(C2=C(N)CN(C(=O)c3ccc(F)cc3OC3CCNC[C@@H]3F)C2)nc(C)c1Cl. The van der Waals surface area contributed by atoms with Gasteiger partial charge in [-0.3, -0.25) is 4.79 Å². The summed E-state index contributed by atoms with van der Waals surface area (Å²) in [4.78, 5) is 23.6. The Kier molecular flexibility index (Phi) is 6.30. The van der Waals surface area contributed by atoms with E-state index >= 15 is 0 Å². The average molecular weight is 464 g/mol. The normalized spacial score (nSPS) is 21.2. The second-order valence-corrected chi connectivity index (χ2v) is 8.38. The van der Waals surface area contributed by atoms with Gasteiger partial charge in [0.25, 0.3) is 5.91 Å². The van der Waals surface area contributed by atoms with Crippen molar-refractivity contribution in [2.45, 2.75) is 32.5 Å². The zero-order chi connectivity index (χ0) is 23.0. The molecule has 0 spiro atoms. The van der Waals surface area contributed by atoms with Crippen molar-refractivity contribution in [2.75, 3.05) is 26.2 Å². The number of hydrogen-bond donors (Lipinski definition) is 2. The van der Waals surface area contributed by atoms with Crippen LogP contribution < -0.4 is 15.8 Å². The van der Waals surface area contributed by atoms with Crippen LogP contribution in [0.2, 0.25) is 5.02 Å². The van der Waals surface area contributed by atoms with E-state index < -0.39 is 24.0 Å². The summed E-state index contributed by atoms with van der Waals surface area (Å²) in [5, 5.41) is 3.42. The predicted molar refractivity (Wildman–Crippen MR) is 117 cm³/mol. The zero-order valence-corrected chi connectivity index (χ0v) is 18.5. The molecule has 1 unspecified atom stereocenters. The smallest absolute Gasteiger partial charge is 0.258 e. The number of hydrogen-bond acceptors (Lipinski definition) is 6. The highest BCUT2D eigenvalue weighted by molar-refractivity contribution is 6.31. The van der Waals surface area contributed by atoms with Gasteiger partial charge in [0, 0.05) is 23.9 Å². The van der Waals surface area contributed by atoms with Crippen molar-refractivity contribution in [1.82, 2.24) is 20.2 Å². The molecule has 0 aliphatic carbocycles. The number of aryl methyl sites for hydroxylation is 2. The summed E-state index contributed by atoms with van der Waals surface area (Å²) in [6.07, 6.45) is -1.59. The number of aromatic nitrogens is 2. The van der Waals surface area contributed by atoms with Gasteiger partial charge in [0.1, 0.15) is 23.8 Å². The first kappa shape index (κ1) is 22.4. The van der Waals surface area contributed by atoms with Gasteiger partial charge in [-0.25, -0.2) is 18.7 Å². The minimum atomic E-state index is -1.25. The fourth-order valence-corrected chi connectivity index (χ4v) is 3.96. The molecule has 2 atom stereocenters. The summed E-state index contributed by atoms with van der Waals surface area (Å²) < 4.78 is 33.9. The number of nitrogens with zero attached hydrogens (tertiary/aromatic N) is 3. The fraction of sp³-hybridized carbons (Fsp3) is 0.409. The molecule has 1 amide bonds. The summed E-state index contributed by atoms with van der Waals surface area (Å²) in [5.74, 6) is -0.528. The Morgan fingerprint density at radius 3 is 2.69 bits per heavy atom. The van der Waals surface area contributed by atoms with Crippen molar-refractivity contribution in [1.29, 1.82) is 0 Å². The molecule has 2 aliphatic rings. The van der Waals surface area contributed by atoms with Gasteiger partial charge in [-0.1, -0.05) is 11.6 Å². The Labute approximate surface area is 189 Å². The van der Waals surface area contributed by atoms with Crippen LogP contribution >= 0.6 is 11.6 Å². The summed E-state index contributed by atoms with van der Waals surface area (Å²) >= 11 is 6.16. The lowest BCUT2D eigenvalue weighted by Crippen LogP contribution is -2.44. The Bertz CT molecular complexity index is 1070. The van der Waals surface area contributed by atoms with Crippen molar-refractivity contribution >= 4 is 23.1 Å². The summed E-state index contributed by atoms with van der Waals surface area (Å²) in [6.45, 7) is 4.63. The third kappa shape index (κ3) is 4.40. The predicted octanol–water partition coefficient (Wildman–Crippen LogP) is 2.79. The number of amides is 1. The molecular formula is C22H24ClF2N5O2. The van der Waals surface area contributed by atoms with Crippen molar-refractivity contribution < 1.29 is 18.3 Å². The number of carbonyl (C=O) groups excluding carboxylic acids is 1. The summed E-state index contributed by atoms with van der Waals surface area (Å²) in [5.41, 5.74) is 8.70. The first-order valence-corrected chi connectivity index (χ1v) is 10.7. The topological polar surface area (TPSA) is 93.4 Å². The monoisotopic (exact) mass is 463 g/mol. The van der Waals surface area contributed by atoms with Crippen molar-refractivity contribution in [2.24, 2.45) is 5.73 Å². The number of alkyl halides is 1. The highest BCUT2D eigenvalue weighted by Crippen LogP contribution is 2.30. The van der Waals surface area contributed by atoms with E-state index in [4.69, 9.17) is 22.1 Å². The minimum absolute atomic E-state index is 0.0194. The molecule has 0 radical (unpaired) electrons. The average Bonchev–Trinajstić information content (AvgIpc) is 3.14. The molecule has 1 fully saturated rings. The van der Waals surface area contributed by atoms with Crippen LogP contribution in [0.5, 0.6) is 5.75 Å². The van der Waals surface area contributed by atoms with Gasteiger partial charge in [-0.15, -0.1) is 0 Å². The molecule has 10 heteroatoms. The highest BCUT2D eigenvalue weighted by Gasteiger charge is 2.32. The fourth-order valence-electron chi connectivity index (χ4n) is 3.88. The van der Waals surface area contributed by atoms with Gasteiger partial charge in [0.2, 0.25) is 0 Å². The number of carbonyl (C=O) groups is 1. The molecule has 0 bridgehead atoms. The third-order valence-corrected chi connectivity index (χ3v) is 6.19. The maximum absolute atomic E-state index is 14.2. The molecule has 3 N–H and O–H groups in total. The molecule has 4 rings (SSSR count). The second-order valence-electron chi connectivity index (χ2n) is 8.00. The van der Waals surface area contributed by atoms with E-state index in [1.165, 1.54) is 17.0 Å². The van der Waals surface area contributed by atoms with Crippen LogP contribution in [0.3, 0.4) is 0 Å². The zero-order valence-electron chi connectivity index (χ0n) is 17.8. The maximum Gasteiger partial charge on any atom is 0.258 e. The lowest BCUT2D eigenvalue weighted by Gasteiger charge is -2.28. The van der Waals surface area contributed by atoms with E-state index in [2.05, 4.69) is 15.3 Å². The number of benzene rings is 1. The van der Waals surface area contributed by atoms with Crippen molar-refractivity contribution in [3.63, 3.8) is 0 Å². The standard InChI is InChI=1S/C22H24ClF2N5O2/c1-11-20(23)12(2)29-21(28-11)15-9-30(10-17(15)26)22(31)14-4-3-13(24)7-19(14)32-18-5-6-27-8-16(18)25/h3-4,7,16,18,27H,5-6,8-10,26H2,1-2H3/t16-,18?/m0/s1. The molecular weight excluding hydrogens is 440 g/mol. The third-order valence-electron chi connectivity index (χ3n) is 5.64. The number of piperidine rings is 1. The Balaban J connectivity index is 1.57. The van der Waals surface area contributed by atoms with Crippen LogP contribution in [0.25, 0.3) is 5.57 Å². The molecule has 0 saturated carbocycles. The van der Waals surface area contributed by atoms with Crippen LogP contribution in [-0.2, 0) is 0 Å². The molecule has 2 aromatic rings. The van der Waals surface area contributed by atoms with E-state index in [9.17, 15) is 13.6 Å². The Morgan fingerprint density at radius 2 is 2.00 bits per heavy atom. The maximum atomic E-state index is 14.2. The minimum Gasteiger partial charge on any atom is -0.486 e.